The fourth-order valence-electron chi connectivity index (χ4n) is 3.66. The molecular weight excluding hydrogens is 425 g/mol. The van der Waals surface area contributed by atoms with Crippen molar-refractivity contribution in [3.63, 3.8) is 0 Å². The third kappa shape index (κ3) is 4.35. The molecule has 3 aromatic rings. The maximum absolute atomic E-state index is 13.2. The molecule has 0 spiro atoms. The number of H-pyrrole nitrogens is 1. The van der Waals surface area contributed by atoms with Crippen molar-refractivity contribution in [1.82, 2.24) is 15.2 Å². The number of aromatic amines is 1. The first kappa shape index (κ1) is 21.6. The van der Waals surface area contributed by atoms with Crippen LogP contribution < -0.4 is 5.32 Å². The number of nitro benzene ring substituents is 1. The number of rotatable bonds is 4. The zero-order chi connectivity index (χ0) is 22.9. The molecule has 166 valence electrons. The molecule has 32 heavy (non-hydrogen) atoms. The molecule has 0 saturated carbocycles. The lowest BCUT2D eigenvalue weighted by Crippen LogP contribution is -2.46. The summed E-state index contributed by atoms with van der Waals surface area (Å²) in [5, 5.41) is 14.4. The van der Waals surface area contributed by atoms with E-state index in [1.54, 1.807) is 17.0 Å². The molecule has 2 aromatic carbocycles. The standard InChI is InChI=1S/C22H19F3N4O3/c23-22(24,25)16-6-4-14(5-7-16)19-13-18(21(30)28-10-8-26-9-11-28)20(27-19)15-2-1-3-17(12-15)29(31)32/h1-7,12-13,26-27H,8-11H2. The lowest BCUT2D eigenvalue weighted by atomic mass is 10.1. The molecule has 0 aliphatic carbocycles. The number of nitrogens with one attached hydrogen (secondary N) is 2. The predicted molar refractivity (Wildman–Crippen MR) is 112 cm³/mol. The minimum atomic E-state index is -4.45. The van der Waals surface area contributed by atoms with Gasteiger partial charge in [0.05, 0.1) is 21.7 Å². The Morgan fingerprint density at radius 3 is 2.31 bits per heavy atom. The number of benzene rings is 2. The Morgan fingerprint density at radius 2 is 1.69 bits per heavy atom. The first-order chi connectivity index (χ1) is 15.2. The fraction of sp³-hybridized carbons (Fsp3) is 0.227. The summed E-state index contributed by atoms with van der Waals surface area (Å²) in [6.07, 6.45) is -4.45. The number of nitro groups is 1. The highest BCUT2D eigenvalue weighted by Gasteiger charge is 2.30. The van der Waals surface area contributed by atoms with E-state index in [0.29, 0.717) is 54.3 Å². The van der Waals surface area contributed by atoms with Crippen LogP contribution in [0.3, 0.4) is 0 Å². The van der Waals surface area contributed by atoms with Crippen LogP contribution in [0.4, 0.5) is 18.9 Å². The number of hydrogen-bond donors (Lipinski definition) is 2. The van der Waals surface area contributed by atoms with Gasteiger partial charge >= 0.3 is 6.18 Å². The maximum Gasteiger partial charge on any atom is 0.416 e. The molecule has 1 aliphatic rings. The van der Waals surface area contributed by atoms with Crippen molar-refractivity contribution < 1.29 is 22.9 Å². The number of piperazine rings is 1. The van der Waals surface area contributed by atoms with Crippen LogP contribution in [0.2, 0.25) is 0 Å². The van der Waals surface area contributed by atoms with Crippen molar-refractivity contribution in [2.24, 2.45) is 0 Å². The number of aromatic nitrogens is 1. The number of non-ortho nitro benzene ring substituents is 1. The van der Waals surface area contributed by atoms with E-state index in [4.69, 9.17) is 0 Å². The zero-order valence-corrected chi connectivity index (χ0v) is 16.8. The van der Waals surface area contributed by atoms with Gasteiger partial charge in [-0.3, -0.25) is 14.9 Å². The van der Waals surface area contributed by atoms with E-state index in [-0.39, 0.29) is 11.6 Å². The third-order valence-corrected chi connectivity index (χ3v) is 5.32. The van der Waals surface area contributed by atoms with Crippen LogP contribution in [0.25, 0.3) is 22.5 Å². The molecule has 0 bridgehead atoms. The van der Waals surface area contributed by atoms with Crippen LogP contribution in [0.5, 0.6) is 0 Å². The second-order valence-corrected chi connectivity index (χ2v) is 7.40. The summed E-state index contributed by atoms with van der Waals surface area (Å²) < 4.78 is 38.7. The number of carbonyl (C=O) groups is 1. The molecule has 2 heterocycles. The van der Waals surface area contributed by atoms with Gasteiger partial charge in [-0.05, 0) is 23.8 Å². The minimum Gasteiger partial charge on any atom is -0.354 e. The van der Waals surface area contributed by atoms with Crippen LogP contribution >= 0.6 is 0 Å². The number of halogens is 3. The fourth-order valence-corrected chi connectivity index (χ4v) is 3.66. The number of amides is 1. The van der Waals surface area contributed by atoms with E-state index in [1.165, 1.54) is 30.3 Å². The van der Waals surface area contributed by atoms with Crippen LogP contribution in [0.1, 0.15) is 15.9 Å². The molecule has 0 radical (unpaired) electrons. The molecule has 10 heteroatoms. The molecule has 1 fully saturated rings. The van der Waals surface area contributed by atoms with Gasteiger partial charge in [-0.15, -0.1) is 0 Å². The van der Waals surface area contributed by atoms with E-state index in [0.717, 1.165) is 12.1 Å². The van der Waals surface area contributed by atoms with Gasteiger partial charge in [0, 0.05) is 49.6 Å². The monoisotopic (exact) mass is 444 g/mol. The van der Waals surface area contributed by atoms with Crippen molar-refractivity contribution in [2.75, 3.05) is 26.2 Å². The minimum absolute atomic E-state index is 0.131. The molecule has 2 N–H and O–H groups in total. The van der Waals surface area contributed by atoms with Gasteiger partial charge in [-0.1, -0.05) is 24.3 Å². The number of nitrogens with zero attached hydrogens (tertiary/aromatic N) is 2. The van der Waals surface area contributed by atoms with Crippen LogP contribution in [-0.2, 0) is 6.18 Å². The molecular formula is C22H19F3N4O3. The second kappa shape index (κ2) is 8.46. The lowest BCUT2D eigenvalue weighted by Gasteiger charge is -2.27. The van der Waals surface area contributed by atoms with E-state index in [2.05, 4.69) is 10.3 Å². The molecule has 7 nitrogen and oxygen atoms in total. The third-order valence-electron chi connectivity index (χ3n) is 5.32. The van der Waals surface area contributed by atoms with Crippen molar-refractivity contribution >= 4 is 11.6 Å². The normalized spacial score (nSPS) is 14.4. The largest absolute Gasteiger partial charge is 0.416 e. The SMILES string of the molecule is O=C(c1cc(-c2ccc(C(F)(F)F)cc2)[nH]c1-c1cccc([N+](=O)[O-])c1)N1CCNCC1. The van der Waals surface area contributed by atoms with E-state index >= 15 is 0 Å². The van der Waals surface area contributed by atoms with Gasteiger partial charge in [-0.2, -0.15) is 13.2 Å². The zero-order valence-electron chi connectivity index (χ0n) is 16.8. The molecule has 1 aliphatic heterocycles. The summed E-state index contributed by atoms with van der Waals surface area (Å²) in [7, 11) is 0. The van der Waals surface area contributed by atoms with Crippen molar-refractivity contribution in [1.29, 1.82) is 0 Å². The summed E-state index contributed by atoms with van der Waals surface area (Å²) in [5.74, 6) is -0.248. The van der Waals surface area contributed by atoms with E-state index < -0.39 is 16.7 Å². The van der Waals surface area contributed by atoms with Gasteiger partial charge in [0.2, 0.25) is 0 Å². The number of alkyl halides is 3. The smallest absolute Gasteiger partial charge is 0.354 e. The van der Waals surface area contributed by atoms with Crippen molar-refractivity contribution in [3.8, 4) is 22.5 Å². The highest BCUT2D eigenvalue weighted by atomic mass is 19.4. The highest BCUT2D eigenvalue weighted by molar-refractivity contribution is 6.02. The average molecular weight is 444 g/mol. The summed E-state index contributed by atoms with van der Waals surface area (Å²) in [6.45, 7) is 2.31. The van der Waals surface area contributed by atoms with Gasteiger partial charge in [0.1, 0.15) is 0 Å². The lowest BCUT2D eigenvalue weighted by molar-refractivity contribution is -0.384. The molecule has 1 saturated heterocycles. The molecule has 1 amide bonds. The quantitative estimate of drug-likeness (QED) is 0.463. The molecule has 0 atom stereocenters. The number of hydrogen-bond acceptors (Lipinski definition) is 4. The molecule has 4 rings (SSSR count). The number of carbonyl (C=O) groups excluding carboxylic acids is 1. The summed E-state index contributed by atoms with van der Waals surface area (Å²) >= 11 is 0. The topological polar surface area (TPSA) is 91.3 Å². The summed E-state index contributed by atoms with van der Waals surface area (Å²) in [6, 6.07) is 12.0. The van der Waals surface area contributed by atoms with Gasteiger partial charge in [-0.25, -0.2) is 0 Å². The van der Waals surface area contributed by atoms with Gasteiger partial charge in [0.15, 0.2) is 0 Å². The first-order valence-electron chi connectivity index (χ1n) is 9.89. The van der Waals surface area contributed by atoms with Crippen LogP contribution in [0.15, 0.2) is 54.6 Å². The van der Waals surface area contributed by atoms with Gasteiger partial charge in [0.25, 0.3) is 11.6 Å². The Morgan fingerprint density at radius 1 is 1.00 bits per heavy atom. The Hall–Kier alpha value is -3.66. The van der Waals surface area contributed by atoms with Crippen molar-refractivity contribution in [3.05, 3.63) is 75.8 Å². The Balaban J connectivity index is 1.78. The Kier molecular flexibility index (Phi) is 5.70. The summed E-state index contributed by atoms with van der Waals surface area (Å²) in [5.41, 5.74) is 1.13. The predicted octanol–water partition coefficient (Wildman–Crippen LogP) is 4.32. The summed E-state index contributed by atoms with van der Waals surface area (Å²) in [4.78, 5) is 28.7. The van der Waals surface area contributed by atoms with E-state index in [9.17, 15) is 28.1 Å². The van der Waals surface area contributed by atoms with Gasteiger partial charge < -0.3 is 15.2 Å². The Bertz CT molecular complexity index is 1150. The first-order valence-corrected chi connectivity index (χ1v) is 9.89. The highest BCUT2D eigenvalue weighted by Crippen LogP contribution is 2.34. The molecule has 0 unspecified atom stereocenters. The Labute approximate surface area is 181 Å². The van der Waals surface area contributed by atoms with Crippen LogP contribution in [0, 0.1) is 10.1 Å². The second-order valence-electron chi connectivity index (χ2n) is 7.40. The van der Waals surface area contributed by atoms with E-state index in [1.807, 2.05) is 0 Å². The van der Waals surface area contributed by atoms with Crippen LogP contribution in [-0.4, -0.2) is 46.9 Å². The average Bonchev–Trinajstić information content (AvgIpc) is 3.24. The molecule has 1 aromatic heterocycles. The van der Waals surface area contributed by atoms with Crippen molar-refractivity contribution in [2.45, 2.75) is 6.18 Å². The maximum atomic E-state index is 13.2.